The molecular formula is C26H22N2O6. The fourth-order valence-electron chi connectivity index (χ4n) is 4.49. The molecule has 8 heteroatoms. The number of rotatable bonds is 5. The van der Waals surface area contributed by atoms with Crippen molar-refractivity contribution >= 4 is 38.4 Å². The summed E-state index contributed by atoms with van der Waals surface area (Å²) in [6.45, 7) is 1.27. The third-order valence-corrected chi connectivity index (χ3v) is 6.25. The van der Waals surface area contributed by atoms with E-state index < -0.39 is 0 Å². The van der Waals surface area contributed by atoms with Crippen LogP contribution in [0.3, 0.4) is 0 Å². The number of hydrogen-bond donors (Lipinski definition) is 0. The number of carbonyl (C=O) groups excluding carboxylic acids is 1. The monoisotopic (exact) mass is 458 g/mol. The lowest BCUT2D eigenvalue weighted by molar-refractivity contribution is -0.132. The van der Waals surface area contributed by atoms with Gasteiger partial charge >= 0.3 is 0 Å². The van der Waals surface area contributed by atoms with Gasteiger partial charge in [-0.05, 0) is 29.7 Å². The van der Waals surface area contributed by atoms with Crippen LogP contribution in [0.5, 0.6) is 28.9 Å². The highest BCUT2D eigenvalue weighted by molar-refractivity contribution is 6.17. The van der Waals surface area contributed by atoms with E-state index in [0.29, 0.717) is 42.0 Å². The van der Waals surface area contributed by atoms with E-state index in [1.807, 2.05) is 48.6 Å². The van der Waals surface area contributed by atoms with E-state index in [0.717, 1.165) is 32.4 Å². The summed E-state index contributed by atoms with van der Waals surface area (Å²) in [6, 6.07) is 11.7. The molecule has 34 heavy (non-hydrogen) atoms. The van der Waals surface area contributed by atoms with Crippen molar-refractivity contribution in [2.24, 2.45) is 0 Å². The maximum absolute atomic E-state index is 12.6. The van der Waals surface area contributed by atoms with Gasteiger partial charge in [0.25, 0.3) is 5.91 Å². The van der Waals surface area contributed by atoms with Crippen molar-refractivity contribution in [2.75, 3.05) is 40.7 Å². The number of amides is 1. The maximum Gasteiger partial charge on any atom is 0.261 e. The lowest BCUT2D eigenvalue weighted by Crippen LogP contribution is -2.32. The summed E-state index contributed by atoms with van der Waals surface area (Å²) in [6.07, 6.45) is 3.93. The lowest BCUT2D eigenvalue weighted by Gasteiger charge is -2.18. The summed E-state index contributed by atoms with van der Waals surface area (Å²) < 4.78 is 28.2. The Balaban J connectivity index is 1.56. The standard InChI is InChI=1S/C26H22N2O6/c1-30-20-11-18-16-6-5-15-9-22-23(34-14-33-22)10-17(15)25(16)27-26(19(18)12-21(20)31-2)32-13-24(29)28-7-3-4-8-28/h3-6,9-12H,7-8,13-14H2,1-2H3. The Labute approximate surface area is 195 Å². The summed E-state index contributed by atoms with van der Waals surface area (Å²) in [5, 5.41) is 4.41. The van der Waals surface area contributed by atoms with Crippen LogP contribution in [0, 0.1) is 0 Å². The van der Waals surface area contributed by atoms with Gasteiger partial charge in [0.2, 0.25) is 12.7 Å². The van der Waals surface area contributed by atoms with Crippen LogP contribution in [-0.4, -0.2) is 56.5 Å². The Hall–Kier alpha value is -4.20. The Morgan fingerprint density at radius 3 is 2.35 bits per heavy atom. The zero-order valence-electron chi connectivity index (χ0n) is 18.8. The molecule has 1 aromatic heterocycles. The molecule has 0 saturated carbocycles. The molecule has 172 valence electrons. The second-order valence-corrected chi connectivity index (χ2v) is 8.12. The predicted molar refractivity (Wildman–Crippen MR) is 127 cm³/mol. The van der Waals surface area contributed by atoms with Crippen LogP contribution in [0.1, 0.15) is 0 Å². The van der Waals surface area contributed by atoms with Gasteiger partial charge in [-0.3, -0.25) is 4.79 Å². The largest absolute Gasteiger partial charge is 0.493 e. The Morgan fingerprint density at radius 1 is 0.912 bits per heavy atom. The summed E-state index contributed by atoms with van der Waals surface area (Å²) in [4.78, 5) is 19.3. The topological polar surface area (TPSA) is 79.4 Å². The van der Waals surface area contributed by atoms with Gasteiger partial charge in [-0.1, -0.05) is 24.3 Å². The molecule has 0 radical (unpaired) electrons. The molecule has 4 aromatic rings. The summed E-state index contributed by atoms with van der Waals surface area (Å²) >= 11 is 0. The molecule has 2 aliphatic heterocycles. The molecule has 0 aliphatic carbocycles. The molecule has 0 bridgehead atoms. The van der Waals surface area contributed by atoms with Gasteiger partial charge in [-0.2, -0.15) is 0 Å². The Kier molecular flexibility index (Phi) is 4.79. The second-order valence-electron chi connectivity index (χ2n) is 8.12. The quantitative estimate of drug-likeness (QED) is 0.330. The van der Waals surface area contributed by atoms with Crippen molar-refractivity contribution in [3.8, 4) is 28.9 Å². The first-order valence-corrected chi connectivity index (χ1v) is 10.9. The number of nitrogens with zero attached hydrogens (tertiary/aromatic N) is 2. The Morgan fingerprint density at radius 2 is 1.62 bits per heavy atom. The van der Waals surface area contributed by atoms with Crippen LogP contribution in [-0.2, 0) is 4.79 Å². The van der Waals surface area contributed by atoms with E-state index >= 15 is 0 Å². The average Bonchev–Trinajstić information content (AvgIpc) is 3.57. The minimum absolute atomic E-state index is 0.0955. The van der Waals surface area contributed by atoms with E-state index in [9.17, 15) is 4.79 Å². The summed E-state index contributed by atoms with van der Waals surface area (Å²) in [5.41, 5.74) is 0.737. The van der Waals surface area contributed by atoms with Gasteiger partial charge in [-0.15, -0.1) is 0 Å². The van der Waals surface area contributed by atoms with Crippen LogP contribution >= 0.6 is 0 Å². The van der Waals surface area contributed by atoms with Crippen LogP contribution in [0.15, 0.2) is 48.6 Å². The van der Waals surface area contributed by atoms with Gasteiger partial charge in [0.1, 0.15) is 0 Å². The smallest absolute Gasteiger partial charge is 0.261 e. The number of benzene rings is 3. The predicted octanol–water partition coefficient (Wildman–Crippen LogP) is 4.06. The fraction of sp³-hybridized carbons (Fsp3) is 0.231. The van der Waals surface area contributed by atoms with Gasteiger partial charge < -0.3 is 28.6 Å². The molecular weight excluding hydrogens is 436 g/mol. The lowest BCUT2D eigenvalue weighted by atomic mass is 10.0. The van der Waals surface area contributed by atoms with E-state index in [1.54, 1.807) is 19.1 Å². The van der Waals surface area contributed by atoms with E-state index in [2.05, 4.69) is 0 Å². The van der Waals surface area contributed by atoms with Crippen LogP contribution in [0.4, 0.5) is 0 Å². The third kappa shape index (κ3) is 3.22. The van der Waals surface area contributed by atoms with Crippen molar-refractivity contribution in [1.29, 1.82) is 0 Å². The van der Waals surface area contributed by atoms with Crippen LogP contribution < -0.4 is 23.7 Å². The molecule has 1 amide bonds. The van der Waals surface area contributed by atoms with Gasteiger partial charge in [0.15, 0.2) is 29.6 Å². The fourth-order valence-corrected chi connectivity index (χ4v) is 4.49. The van der Waals surface area contributed by atoms with Crippen molar-refractivity contribution < 1.29 is 28.5 Å². The van der Waals surface area contributed by atoms with Crippen LogP contribution in [0.2, 0.25) is 0 Å². The SMILES string of the molecule is COc1cc2c(OCC(=O)N3CC=CC3)nc3c4cc5c(cc4ccc3c2cc1OC)OCO5. The molecule has 2 aliphatic rings. The molecule has 3 heterocycles. The number of fused-ring (bicyclic) bond motifs is 6. The first-order chi connectivity index (χ1) is 16.7. The molecule has 0 atom stereocenters. The van der Waals surface area contributed by atoms with Gasteiger partial charge in [-0.25, -0.2) is 4.98 Å². The summed E-state index contributed by atoms with van der Waals surface area (Å²) in [7, 11) is 3.18. The molecule has 6 rings (SSSR count). The maximum atomic E-state index is 12.6. The highest BCUT2D eigenvalue weighted by atomic mass is 16.7. The minimum atomic E-state index is -0.110. The van der Waals surface area contributed by atoms with Gasteiger partial charge in [0, 0.05) is 34.6 Å². The zero-order valence-corrected chi connectivity index (χ0v) is 18.8. The molecule has 0 N–H and O–H groups in total. The molecule has 3 aromatic carbocycles. The number of carbonyl (C=O) groups is 1. The van der Waals surface area contributed by atoms with E-state index in [-0.39, 0.29) is 19.3 Å². The zero-order chi connectivity index (χ0) is 23.2. The number of aromatic nitrogens is 1. The second kappa shape index (κ2) is 7.98. The number of hydrogen-bond acceptors (Lipinski definition) is 7. The number of methoxy groups -OCH3 is 2. The van der Waals surface area contributed by atoms with Crippen LogP contribution in [0.25, 0.3) is 32.4 Å². The van der Waals surface area contributed by atoms with Crippen molar-refractivity contribution in [1.82, 2.24) is 9.88 Å². The van der Waals surface area contributed by atoms with Crippen molar-refractivity contribution in [2.45, 2.75) is 0 Å². The van der Waals surface area contributed by atoms with E-state index in [4.69, 9.17) is 28.7 Å². The highest BCUT2D eigenvalue weighted by Crippen LogP contribution is 2.43. The molecule has 0 fully saturated rings. The first kappa shape index (κ1) is 20.4. The third-order valence-electron chi connectivity index (χ3n) is 6.25. The molecule has 0 spiro atoms. The normalized spacial score (nSPS) is 14.4. The number of ether oxygens (including phenoxy) is 5. The Bertz CT molecular complexity index is 1490. The van der Waals surface area contributed by atoms with E-state index in [1.165, 1.54) is 0 Å². The van der Waals surface area contributed by atoms with Gasteiger partial charge in [0.05, 0.1) is 19.7 Å². The first-order valence-electron chi connectivity index (χ1n) is 10.9. The molecule has 0 saturated heterocycles. The molecule has 0 unspecified atom stereocenters. The highest BCUT2D eigenvalue weighted by Gasteiger charge is 2.21. The molecule has 8 nitrogen and oxygen atoms in total. The van der Waals surface area contributed by atoms with Crippen molar-refractivity contribution in [3.63, 3.8) is 0 Å². The minimum Gasteiger partial charge on any atom is -0.493 e. The number of pyridine rings is 1. The average molecular weight is 458 g/mol. The van der Waals surface area contributed by atoms with Crippen molar-refractivity contribution in [3.05, 3.63) is 48.6 Å². The summed E-state index contributed by atoms with van der Waals surface area (Å²) in [5.74, 6) is 2.79.